The van der Waals surface area contributed by atoms with Gasteiger partial charge in [0.15, 0.2) is 0 Å². The molecule has 0 radical (unpaired) electrons. The molecular formula is C11H12FN. The van der Waals surface area contributed by atoms with E-state index in [9.17, 15) is 4.39 Å². The highest BCUT2D eigenvalue weighted by Gasteiger charge is 2.15. The van der Waals surface area contributed by atoms with Crippen molar-refractivity contribution < 1.29 is 4.39 Å². The summed E-state index contributed by atoms with van der Waals surface area (Å²) in [6.45, 7) is 5.97. The standard InChI is InChI=1S/C11H12FN/c1-11(2,3)9-4-8(7-13)5-10(12)6-9/h4-6H,1-3H3. The first-order chi connectivity index (χ1) is 5.93. The van der Waals surface area contributed by atoms with Gasteiger partial charge in [-0.2, -0.15) is 5.26 Å². The number of nitrogens with zero attached hydrogens (tertiary/aromatic N) is 1. The topological polar surface area (TPSA) is 23.8 Å². The summed E-state index contributed by atoms with van der Waals surface area (Å²) in [5.41, 5.74) is 1.11. The number of benzene rings is 1. The summed E-state index contributed by atoms with van der Waals surface area (Å²) in [6, 6.07) is 6.38. The molecule has 0 unspecified atom stereocenters. The molecule has 0 aliphatic heterocycles. The van der Waals surface area contributed by atoms with Crippen molar-refractivity contribution in [3.63, 3.8) is 0 Å². The normalized spacial score (nSPS) is 11.0. The highest BCUT2D eigenvalue weighted by Crippen LogP contribution is 2.23. The molecule has 1 rings (SSSR count). The van der Waals surface area contributed by atoms with E-state index in [4.69, 9.17) is 5.26 Å². The summed E-state index contributed by atoms with van der Waals surface area (Å²) in [7, 11) is 0. The maximum absolute atomic E-state index is 13.0. The lowest BCUT2D eigenvalue weighted by molar-refractivity contribution is 0.572. The SMILES string of the molecule is CC(C)(C)c1cc(F)cc(C#N)c1. The van der Waals surface area contributed by atoms with Gasteiger partial charge in [-0.15, -0.1) is 0 Å². The Labute approximate surface area is 77.8 Å². The molecule has 0 aliphatic carbocycles. The fourth-order valence-electron chi connectivity index (χ4n) is 1.09. The average Bonchev–Trinajstić information content (AvgIpc) is 2.01. The maximum atomic E-state index is 13.0. The summed E-state index contributed by atoms with van der Waals surface area (Å²) < 4.78 is 13.0. The van der Waals surface area contributed by atoms with E-state index < -0.39 is 0 Å². The highest BCUT2D eigenvalue weighted by atomic mass is 19.1. The number of nitriles is 1. The lowest BCUT2D eigenvalue weighted by atomic mass is 9.86. The van der Waals surface area contributed by atoms with Crippen LogP contribution in [0.4, 0.5) is 4.39 Å². The van der Waals surface area contributed by atoms with Crippen molar-refractivity contribution in [3.05, 3.63) is 35.1 Å². The van der Waals surface area contributed by atoms with Gasteiger partial charge in [0.25, 0.3) is 0 Å². The zero-order valence-electron chi connectivity index (χ0n) is 8.06. The van der Waals surface area contributed by atoms with Crippen molar-refractivity contribution in [3.8, 4) is 6.07 Å². The summed E-state index contributed by atoms with van der Waals surface area (Å²) in [4.78, 5) is 0. The third kappa shape index (κ3) is 2.29. The van der Waals surface area contributed by atoms with Crippen LogP contribution in [0.1, 0.15) is 31.9 Å². The van der Waals surface area contributed by atoms with Crippen LogP contribution in [0, 0.1) is 17.1 Å². The van der Waals surface area contributed by atoms with Crippen molar-refractivity contribution in [2.45, 2.75) is 26.2 Å². The molecule has 68 valence electrons. The minimum absolute atomic E-state index is 0.117. The van der Waals surface area contributed by atoms with Crippen LogP contribution in [0.2, 0.25) is 0 Å². The minimum atomic E-state index is -0.344. The second-order valence-corrected chi connectivity index (χ2v) is 4.09. The van der Waals surface area contributed by atoms with E-state index in [1.807, 2.05) is 26.8 Å². The van der Waals surface area contributed by atoms with Crippen molar-refractivity contribution in [1.29, 1.82) is 5.26 Å². The van der Waals surface area contributed by atoms with Gasteiger partial charge in [0.2, 0.25) is 0 Å². The van der Waals surface area contributed by atoms with Gasteiger partial charge in [0.05, 0.1) is 11.6 Å². The van der Waals surface area contributed by atoms with Crippen LogP contribution in [0.25, 0.3) is 0 Å². The third-order valence-corrected chi connectivity index (χ3v) is 1.89. The first-order valence-corrected chi connectivity index (χ1v) is 4.14. The van der Waals surface area contributed by atoms with Crippen molar-refractivity contribution in [1.82, 2.24) is 0 Å². The van der Waals surface area contributed by atoms with E-state index in [2.05, 4.69) is 0 Å². The van der Waals surface area contributed by atoms with Gasteiger partial charge in [0, 0.05) is 0 Å². The summed E-state index contributed by atoms with van der Waals surface area (Å²) >= 11 is 0. The largest absolute Gasteiger partial charge is 0.207 e. The Morgan fingerprint density at radius 2 is 1.85 bits per heavy atom. The van der Waals surface area contributed by atoms with Crippen molar-refractivity contribution >= 4 is 0 Å². The van der Waals surface area contributed by atoms with Crippen LogP contribution >= 0.6 is 0 Å². The van der Waals surface area contributed by atoms with Gasteiger partial charge in [-0.05, 0) is 29.2 Å². The smallest absolute Gasteiger partial charge is 0.124 e. The monoisotopic (exact) mass is 177 g/mol. The number of hydrogen-bond donors (Lipinski definition) is 0. The molecular weight excluding hydrogens is 165 g/mol. The molecule has 0 fully saturated rings. The van der Waals surface area contributed by atoms with E-state index in [1.54, 1.807) is 6.07 Å². The van der Waals surface area contributed by atoms with Crippen LogP contribution in [0.3, 0.4) is 0 Å². The first-order valence-electron chi connectivity index (χ1n) is 4.14. The summed E-state index contributed by atoms with van der Waals surface area (Å²) in [5.74, 6) is -0.344. The molecule has 0 atom stereocenters. The molecule has 0 heterocycles. The first kappa shape index (κ1) is 9.73. The van der Waals surface area contributed by atoms with Gasteiger partial charge in [0.1, 0.15) is 5.82 Å². The minimum Gasteiger partial charge on any atom is -0.207 e. The molecule has 0 aliphatic rings. The molecule has 1 nitrogen and oxygen atoms in total. The second kappa shape index (κ2) is 3.18. The molecule has 0 N–H and O–H groups in total. The Morgan fingerprint density at radius 1 is 1.23 bits per heavy atom. The van der Waals surface area contributed by atoms with E-state index in [0.29, 0.717) is 5.56 Å². The zero-order chi connectivity index (χ0) is 10.1. The Bertz CT molecular complexity index is 355. The molecule has 0 aromatic heterocycles. The number of halogens is 1. The quantitative estimate of drug-likeness (QED) is 0.597. The molecule has 2 heteroatoms. The predicted molar refractivity (Wildman–Crippen MR) is 49.8 cm³/mol. The third-order valence-electron chi connectivity index (χ3n) is 1.89. The van der Waals surface area contributed by atoms with Crippen molar-refractivity contribution in [2.24, 2.45) is 0 Å². The zero-order valence-corrected chi connectivity index (χ0v) is 8.06. The summed E-state index contributed by atoms with van der Waals surface area (Å²) in [6.07, 6.45) is 0. The van der Waals surface area contributed by atoms with Crippen LogP contribution in [-0.4, -0.2) is 0 Å². The van der Waals surface area contributed by atoms with Gasteiger partial charge < -0.3 is 0 Å². The lowest BCUT2D eigenvalue weighted by Crippen LogP contribution is -2.11. The van der Waals surface area contributed by atoms with Gasteiger partial charge in [-0.3, -0.25) is 0 Å². The van der Waals surface area contributed by atoms with E-state index in [1.165, 1.54) is 12.1 Å². The molecule has 13 heavy (non-hydrogen) atoms. The van der Waals surface area contributed by atoms with Gasteiger partial charge >= 0.3 is 0 Å². The Hall–Kier alpha value is -1.36. The highest BCUT2D eigenvalue weighted by molar-refractivity contribution is 5.36. The maximum Gasteiger partial charge on any atom is 0.124 e. The number of rotatable bonds is 0. The van der Waals surface area contributed by atoms with E-state index in [-0.39, 0.29) is 11.2 Å². The molecule has 1 aromatic carbocycles. The lowest BCUT2D eigenvalue weighted by Gasteiger charge is -2.18. The second-order valence-electron chi connectivity index (χ2n) is 4.09. The Morgan fingerprint density at radius 3 is 2.31 bits per heavy atom. The number of hydrogen-bond acceptors (Lipinski definition) is 1. The fourth-order valence-corrected chi connectivity index (χ4v) is 1.09. The predicted octanol–water partition coefficient (Wildman–Crippen LogP) is 2.99. The van der Waals surface area contributed by atoms with Crippen LogP contribution in [0.15, 0.2) is 18.2 Å². The molecule has 0 saturated carbocycles. The van der Waals surface area contributed by atoms with Crippen LogP contribution < -0.4 is 0 Å². The van der Waals surface area contributed by atoms with Crippen LogP contribution in [0.5, 0.6) is 0 Å². The Balaban J connectivity index is 3.26. The summed E-state index contributed by atoms with van der Waals surface area (Å²) in [5, 5.41) is 8.64. The molecule has 0 saturated heterocycles. The fraction of sp³-hybridized carbons (Fsp3) is 0.364. The van der Waals surface area contributed by atoms with Crippen LogP contribution in [-0.2, 0) is 5.41 Å². The van der Waals surface area contributed by atoms with Gasteiger partial charge in [-0.25, -0.2) is 4.39 Å². The Kier molecular flexibility index (Phi) is 2.38. The van der Waals surface area contributed by atoms with E-state index >= 15 is 0 Å². The molecule has 0 amide bonds. The van der Waals surface area contributed by atoms with Crippen molar-refractivity contribution in [2.75, 3.05) is 0 Å². The van der Waals surface area contributed by atoms with E-state index in [0.717, 1.165) is 5.56 Å². The molecule has 0 bridgehead atoms. The van der Waals surface area contributed by atoms with Gasteiger partial charge in [-0.1, -0.05) is 20.8 Å². The molecule has 0 spiro atoms. The molecule has 1 aromatic rings. The average molecular weight is 177 g/mol.